The van der Waals surface area contributed by atoms with E-state index in [0.29, 0.717) is 56.6 Å². The highest BCUT2D eigenvalue weighted by Gasteiger charge is 2.43. The smallest absolute Gasteiger partial charge is 0.328 e. The van der Waals surface area contributed by atoms with Crippen LogP contribution in [0.15, 0.2) is 18.2 Å². The molecule has 8 nitrogen and oxygen atoms in total. The molecule has 0 aromatic heterocycles. The van der Waals surface area contributed by atoms with Crippen molar-refractivity contribution in [2.24, 2.45) is 5.92 Å². The third-order valence-corrected chi connectivity index (χ3v) is 8.14. The number of nitrogens with zero attached hydrogens (tertiary/aromatic N) is 3. The summed E-state index contributed by atoms with van der Waals surface area (Å²) in [5.41, 5.74) is 1.82. The van der Waals surface area contributed by atoms with Gasteiger partial charge in [0.05, 0.1) is 23.4 Å². The SMILES string of the molecule is CCOC(=O)[C@@H]1CCCCN1C(=O)C1CCN(c2cccc3c2C(=O)N(C2CCCC2)C3=O)CC1. The van der Waals surface area contributed by atoms with Crippen molar-refractivity contribution < 1.29 is 23.9 Å². The van der Waals surface area contributed by atoms with Crippen molar-refractivity contribution in [2.75, 3.05) is 31.1 Å². The van der Waals surface area contributed by atoms with E-state index in [1.165, 1.54) is 4.90 Å². The number of carbonyl (C=O) groups excluding carboxylic acids is 4. The third kappa shape index (κ3) is 4.32. The number of esters is 1. The van der Waals surface area contributed by atoms with Gasteiger partial charge in [0.2, 0.25) is 5.91 Å². The van der Waals surface area contributed by atoms with Gasteiger partial charge in [0, 0.05) is 31.6 Å². The molecule has 3 aliphatic heterocycles. The zero-order valence-electron chi connectivity index (χ0n) is 20.5. The minimum atomic E-state index is -0.475. The molecule has 0 bridgehead atoms. The molecule has 1 aliphatic carbocycles. The van der Waals surface area contributed by atoms with Crippen molar-refractivity contribution in [3.05, 3.63) is 29.3 Å². The Hall–Kier alpha value is -2.90. The molecule has 35 heavy (non-hydrogen) atoms. The molecule has 0 spiro atoms. The highest BCUT2D eigenvalue weighted by atomic mass is 16.5. The summed E-state index contributed by atoms with van der Waals surface area (Å²) in [7, 11) is 0. The lowest BCUT2D eigenvalue weighted by Crippen LogP contribution is -2.52. The number of hydrogen-bond acceptors (Lipinski definition) is 6. The van der Waals surface area contributed by atoms with Crippen LogP contribution in [-0.2, 0) is 14.3 Å². The molecule has 3 amide bonds. The zero-order valence-corrected chi connectivity index (χ0v) is 20.5. The monoisotopic (exact) mass is 481 g/mol. The molecular weight excluding hydrogens is 446 g/mol. The molecule has 4 aliphatic rings. The number of likely N-dealkylation sites (tertiary alicyclic amines) is 1. The highest BCUT2D eigenvalue weighted by molar-refractivity contribution is 6.24. The lowest BCUT2D eigenvalue weighted by Gasteiger charge is -2.39. The lowest BCUT2D eigenvalue weighted by atomic mass is 9.91. The summed E-state index contributed by atoms with van der Waals surface area (Å²) >= 11 is 0. The average Bonchev–Trinajstić information content (AvgIpc) is 3.50. The Labute approximate surface area is 206 Å². The summed E-state index contributed by atoms with van der Waals surface area (Å²) in [5, 5.41) is 0. The van der Waals surface area contributed by atoms with E-state index in [9.17, 15) is 19.2 Å². The van der Waals surface area contributed by atoms with Gasteiger partial charge in [0.25, 0.3) is 11.8 Å². The standard InChI is InChI=1S/C27H35N3O5/c1-2-35-27(34)22-11-5-6-15-29(22)24(31)18-13-16-28(17-14-18)21-12-7-10-20-23(21)26(33)30(25(20)32)19-8-3-4-9-19/h7,10,12,18-19,22H,2-6,8-9,11,13-17H2,1H3/t22-/m0/s1. The van der Waals surface area contributed by atoms with E-state index in [2.05, 4.69) is 4.90 Å². The minimum Gasteiger partial charge on any atom is -0.464 e. The summed E-state index contributed by atoms with van der Waals surface area (Å²) in [5.74, 6) is -0.743. The molecular formula is C27H35N3O5. The number of hydrogen-bond donors (Lipinski definition) is 0. The molecule has 188 valence electrons. The molecule has 5 rings (SSSR count). The van der Waals surface area contributed by atoms with Crippen LogP contribution in [0.25, 0.3) is 0 Å². The molecule has 0 unspecified atom stereocenters. The molecule has 0 N–H and O–H groups in total. The molecule has 8 heteroatoms. The molecule has 1 saturated carbocycles. The van der Waals surface area contributed by atoms with Gasteiger partial charge in [-0.25, -0.2) is 4.79 Å². The Kier molecular flexibility index (Phi) is 6.80. The number of fused-ring (bicyclic) bond motifs is 1. The molecule has 0 radical (unpaired) electrons. The molecule has 1 aromatic carbocycles. The first kappa shape index (κ1) is 23.8. The Morgan fingerprint density at radius 1 is 0.914 bits per heavy atom. The number of carbonyl (C=O) groups is 4. The topological polar surface area (TPSA) is 87.2 Å². The number of ether oxygens (including phenoxy) is 1. The fourth-order valence-corrected chi connectivity index (χ4v) is 6.32. The minimum absolute atomic E-state index is 0.00972. The molecule has 1 atom stereocenters. The highest BCUT2D eigenvalue weighted by Crippen LogP contribution is 2.37. The van der Waals surface area contributed by atoms with Crippen molar-refractivity contribution in [3.8, 4) is 0 Å². The van der Waals surface area contributed by atoms with E-state index in [1.807, 2.05) is 12.1 Å². The van der Waals surface area contributed by atoms with Gasteiger partial charge in [-0.05, 0) is 64.0 Å². The first-order valence-electron chi connectivity index (χ1n) is 13.2. The van der Waals surface area contributed by atoms with Crippen molar-refractivity contribution in [3.63, 3.8) is 0 Å². The van der Waals surface area contributed by atoms with Crippen LogP contribution in [0.2, 0.25) is 0 Å². The number of rotatable bonds is 5. The number of anilines is 1. The first-order chi connectivity index (χ1) is 17.0. The van der Waals surface area contributed by atoms with Crippen LogP contribution < -0.4 is 4.90 Å². The number of imide groups is 1. The number of piperidine rings is 2. The summed E-state index contributed by atoms with van der Waals surface area (Å²) in [4.78, 5) is 57.6. The van der Waals surface area contributed by atoms with Crippen LogP contribution in [-0.4, -0.2) is 71.8 Å². The van der Waals surface area contributed by atoms with Crippen molar-refractivity contribution in [1.82, 2.24) is 9.80 Å². The predicted molar refractivity (Wildman–Crippen MR) is 130 cm³/mol. The maximum absolute atomic E-state index is 13.4. The van der Waals surface area contributed by atoms with Gasteiger partial charge >= 0.3 is 5.97 Å². The quantitative estimate of drug-likeness (QED) is 0.473. The maximum atomic E-state index is 13.4. The maximum Gasteiger partial charge on any atom is 0.328 e. The van der Waals surface area contributed by atoms with Crippen LogP contribution >= 0.6 is 0 Å². The van der Waals surface area contributed by atoms with E-state index in [-0.39, 0.29) is 35.7 Å². The average molecular weight is 482 g/mol. The first-order valence-corrected chi connectivity index (χ1v) is 13.2. The van der Waals surface area contributed by atoms with Crippen molar-refractivity contribution in [2.45, 2.75) is 76.8 Å². The Bertz CT molecular complexity index is 1010. The van der Waals surface area contributed by atoms with Gasteiger partial charge in [-0.3, -0.25) is 19.3 Å². The molecule has 3 heterocycles. The van der Waals surface area contributed by atoms with E-state index in [1.54, 1.807) is 17.9 Å². The van der Waals surface area contributed by atoms with Gasteiger partial charge in [0.1, 0.15) is 6.04 Å². The summed E-state index contributed by atoms with van der Waals surface area (Å²) in [6.45, 7) is 3.97. The Morgan fingerprint density at radius 3 is 2.34 bits per heavy atom. The summed E-state index contributed by atoms with van der Waals surface area (Å²) in [6.07, 6.45) is 7.69. The second-order valence-electron chi connectivity index (χ2n) is 10.2. The lowest BCUT2D eigenvalue weighted by molar-refractivity contribution is -0.158. The second-order valence-corrected chi connectivity index (χ2v) is 10.2. The van der Waals surface area contributed by atoms with Crippen molar-refractivity contribution in [1.29, 1.82) is 0 Å². The van der Waals surface area contributed by atoms with E-state index >= 15 is 0 Å². The van der Waals surface area contributed by atoms with Gasteiger partial charge in [-0.1, -0.05) is 18.9 Å². The second kappa shape index (κ2) is 9.99. The van der Waals surface area contributed by atoms with E-state index < -0.39 is 6.04 Å². The van der Waals surface area contributed by atoms with Gasteiger partial charge in [-0.2, -0.15) is 0 Å². The fourth-order valence-electron chi connectivity index (χ4n) is 6.32. The van der Waals surface area contributed by atoms with Crippen LogP contribution in [0.4, 0.5) is 5.69 Å². The van der Waals surface area contributed by atoms with Gasteiger partial charge in [0.15, 0.2) is 0 Å². The number of amides is 3. The molecule has 2 saturated heterocycles. The Balaban J connectivity index is 1.28. The van der Waals surface area contributed by atoms with Crippen molar-refractivity contribution >= 4 is 29.4 Å². The van der Waals surface area contributed by atoms with Gasteiger partial charge in [-0.15, -0.1) is 0 Å². The van der Waals surface area contributed by atoms with Crippen LogP contribution in [0.1, 0.15) is 85.4 Å². The molecule has 3 fully saturated rings. The van der Waals surface area contributed by atoms with E-state index in [0.717, 1.165) is 44.2 Å². The largest absolute Gasteiger partial charge is 0.464 e. The Morgan fingerprint density at radius 2 is 1.63 bits per heavy atom. The third-order valence-electron chi connectivity index (χ3n) is 8.14. The van der Waals surface area contributed by atoms with Crippen LogP contribution in [0, 0.1) is 5.92 Å². The van der Waals surface area contributed by atoms with Crippen LogP contribution in [0.3, 0.4) is 0 Å². The fraction of sp³-hybridized carbons (Fsp3) is 0.630. The number of benzene rings is 1. The summed E-state index contributed by atoms with van der Waals surface area (Å²) in [6, 6.07) is 5.07. The summed E-state index contributed by atoms with van der Waals surface area (Å²) < 4.78 is 5.23. The van der Waals surface area contributed by atoms with Gasteiger partial charge < -0.3 is 14.5 Å². The predicted octanol–water partition coefficient (Wildman–Crippen LogP) is 3.39. The van der Waals surface area contributed by atoms with Crippen LogP contribution in [0.5, 0.6) is 0 Å². The molecule has 1 aromatic rings. The zero-order chi connectivity index (χ0) is 24.5. The normalized spacial score (nSPS) is 23.7. The van der Waals surface area contributed by atoms with E-state index in [4.69, 9.17) is 4.74 Å².